The van der Waals surface area contributed by atoms with Gasteiger partial charge < -0.3 is 5.32 Å². The molecule has 0 aromatic heterocycles. The van der Waals surface area contributed by atoms with E-state index in [1.165, 1.54) is 103 Å². The molecule has 118 valence electrons. The van der Waals surface area contributed by atoms with Crippen LogP contribution in [0.3, 0.4) is 0 Å². The Balaban J connectivity index is 1.43. The summed E-state index contributed by atoms with van der Waals surface area (Å²) in [5, 5.41) is 3.89. The summed E-state index contributed by atoms with van der Waals surface area (Å²) in [7, 11) is 0. The van der Waals surface area contributed by atoms with Crippen LogP contribution in [0.1, 0.15) is 103 Å². The SMILES string of the molecule is CCCCCCCCCCNC1CCC12CCCCC2. The summed E-state index contributed by atoms with van der Waals surface area (Å²) in [5.41, 5.74) is 0.748. The number of nitrogens with one attached hydrogen (secondary N) is 1. The van der Waals surface area contributed by atoms with E-state index in [9.17, 15) is 0 Å². The molecule has 1 nitrogen and oxygen atoms in total. The summed E-state index contributed by atoms with van der Waals surface area (Å²) in [6.45, 7) is 3.58. The molecule has 0 amide bonds. The summed E-state index contributed by atoms with van der Waals surface area (Å²) in [6, 6.07) is 0.882. The second-order valence-electron chi connectivity index (χ2n) is 7.44. The van der Waals surface area contributed by atoms with Gasteiger partial charge in [-0.15, -0.1) is 0 Å². The van der Waals surface area contributed by atoms with Crippen molar-refractivity contribution in [1.82, 2.24) is 5.32 Å². The van der Waals surface area contributed by atoms with Crippen LogP contribution in [0, 0.1) is 5.41 Å². The fourth-order valence-corrected chi connectivity index (χ4v) is 4.41. The Morgan fingerprint density at radius 3 is 2.05 bits per heavy atom. The molecular formula is C19H37N. The Labute approximate surface area is 127 Å². The van der Waals surface area contributed by atoms with E-state index in [0.29, 0.717) is 0 Å². The fraction of sp³-hybridized carbons (Fsp3) is 1.00. The van der Waals surface area contributed by atoms with Crippen LogP contribution in [0.15, 0.2) is 0 Å². The summed E-state index contributed by atoms with van der Waals surface area (Å²) in [5.74, 6) is 0. The topological polar surface area (TPSA) is 12.0 Å². The third-order valence-electron chi connectivity index (χ3n) is 5.94. The maximum Gasteiger partial charge on any atom is 0.0124 e. The smallest absolute Gasteiger partial charge is 0.0124 e. The molecule has 0 aromatic carbocycles. The van der Waals surface area contributed by atoms with E-state index in [1.807, 2.05) is 0 Å². The average molecular weight is 280 g/mol. The third-order valence-corrected chi connectivity index (χ3v) is 5.94. The minimum Gasteiger partial charge on any atom is -0.313 e. The lowest BCUT2D eigenvalue weighted by atomic mass is 9.57. The van der Waals surface area contributed by atoms with Gasteiger partial charge in [-0.05, 0) is 44.1 Å². The normalized spacial score (nSPS) is 24.8. The minimum absolute atomic E-state index is 0.748. The molecule has 1 atom stereocenters. The van der Waals surface area contributed by atoms with Crippen LogP contribution in [-0.2, 0) is 0 Å². The van der Waals surface area contributed by atoms with Crippen LogP contribution in [-0.4, -0.2) is 12.6 Å². The Kier molecular flexibility index (Phi) is 7.41. The third kappa shape index (κ3) is 4.76. The largest absolute Gasteiger partial charge is 0.313 e. The van der Waals surface area contributed by atoms with Crippen molar-refractivity contribution >= 4 is 0 Å². The zero-order valence-corrected chi connectivity index (χ0v) is 13.9. The highest BCUT2D eigenvalue weighted by molar-refractivity contribution is 5.01. The lowest BCUT2D eigenvalue weighted by Crippen LogP contribution is -2.54. The predicted octanol–water partition coefficient (Wildman–Crippen LogP) is 5.83. The highest BCUT2D eigenvalue weighted by atomic mass is 15.0. The van der Waals surface area contributed by atoms with Gasteiger partial charge in [-0.1, -0.05) is 71.1 Å². The molecule has 0 saturated heterocycles. The number of hydrogen-bond donors (Lipinski definition) is 1. The van der Waals surface area contributed by atoms with Crippen molar-refractivity contribution in [3.05, 3.63) is 0 Å². The molecule has 0 radical (unpaired) electrons. The van der Waals surface area contributed by atoms with Gasteiger partial charge in [0.15, 0.2) is 0 Å². The van der Waals surface area contributed by atoms with Gasteiger partial charge in [0.1, 0.15) is 0 Å². The van der Waals surface area contributed by atoms with Crippen molar-refractivity contribution in [2.24, 2.45) is 5.41 Å². The zero-order valence-electron chi connectivity index (χ0n) is 13.9. The van der Waals surface area contributed by atoms with Crippen molar-refractivity contribution in [2.45, 2.75) is 109 Å². The first-order valence-corrected chi connectivity index (χ1v) is 9.61. The second kappa shape index (κ2) is 9.07. The highest BCUT2D eigenvalue weighted by Gasteiger charge is 2.46. The van der Waals surface area contributed by atoms with Gasteiger partial charge in [0, 0.05) is 6.04 Å². The van der Waals surface area contributed by atoms with Crippen LogP contribution >= 0.6 is 0 Å². The van der Waals surface area contributed by atoms with Crippen LogP contribution in [0.25, 0.3) is 0 Å². The molecule has 1 heteroatoms. The van der Waals surface area contributed by atoms with E-state index in [0.717, 1.165) is 11.5 Å². The van der Waals surface area contributed by atoms with Crippen LogP contribution in [0.5, 0.6) is 0 Å². The van der Waals surface area contributed by atoms with Gasteiger partial charge >= 0.3 is 0 Å². The van der Waals surface area contributed by atoms with Crippen LogP contribution in [0.2, 0.25) is 0 Å². The van der Waals surface area contributed by atoms with Crippen molar-refractivity contribution in [1.29, 1.82) is 0 Å². The molecule has 2 fully saturated rings. The molecule has 0 heterocycles. The average Bonchev–Trinajstić information content (AvgIpc) is 2.49. The molecule has 1 N–H and O–H groups in total. The van der Waals surface area contributed by atoms with E-state index in [2.05, 4.69) is 12.2 Å². The van der Waals surface area contributed by atoms with Gasteiger partial charge in [-0.2, -0.15) is 0 Å². The lowest BCUT2D eigenvalue weighted by molar-refractivity contribution is 0.0232. The maximum atomic E-state index is 3.89. The predicted molar refractivity (Wildman–Crippen MR) is 89.2 cm³/mol. The maximum absolute atomic E-state index is 3.89. The fourth-order valence-electron chi connectivity index (χ4n) is 4.41. The minimum atomic E-state index is 0.748. The molecule has 1 unspecified atom stereocenters. The highest BCUT2D eigenvalue weighted by Crippen LogP contribution is 2.51. The van der Waals surface area contributed by atoms with Crippen molar-refractivity contribution in [3.63, 3.8) is 0 Å². The van der Waals surface area contributed by atoms with Crippen molar-refractivity contribution < 1.29 is 0 Å². The Morgan fingerprint density at radius 2 is 1.45 bits per heavy atom. The van der Waals surface area contributed by atoms with Gasteiger partial charge in [0.25, 0.3) is 0 Å². The van der Waals surface area contributed by atoms with Crippen LogP contribution < -0.4 is 5.32 Å². The molecule has 20 heavy (non-hydrogen) atoms. The van der Waals surface area contributed by atoms with Gasteiger partial charge in [-0.3, -0.25) is 0 Å². The Bertz CT molecular complexity index is 242. The summed E-state index contributed by atoms with van der Waals surface area (Å²) in [4.78, 5) is 0. The Morgan fingerprint density at radius 1 is 0.800 bits per heavy atom. The quantitative estimate of drug-likeness (QED) is 0.496. The van der Waals surface area contributed by atoms with E-state index < -0.39 is 0 Å². The van der Waals surface area contributed by atoms with Crippen LogP contribution in [0.4, 0.5) is 0 Å². The van der Waals surface area contributed by atoms with Crippen molar-refractivity contribution in [2.75, 3.05) is 6.54 Å². The molecule has 1 spiro atoms. The first-order chi connectivity index (χ1) is 9.87. The second-order valence-corrected chi connectivity index (χ2v) is 7.44. The molecule has 0 bridgehead atoms. The molecule has 2 aliphatic carbocycles. The van der Waals surface area contributed by atoms with Crippen molar-refractivity contribution in [3.8, 4) is 0 Å². The monoisotopic (exact) mass is 279 g/mol. The first kappa shape index (κ1) is 16.3. The number of rotatable bonds is 10. The van der Waals surface area contributed by atoms with Gasteiger partial charge in [-0.25, -0.2) is 0 Å². The Hall–Kier alpha value is -0.0400. The lowest BCUT2D eigenvalue weighted by Gasteiger charge is -2.52. The standard InChI is InChI=1S/C19H37N/c1-2-3-4-5-6-7-8-12-17-20-18-13-16-19(18)14-10-9-11-15-19/h18,20H,2-17H2,1H3. The molecule has 2 saturated carbocycles. The number of unbranched alkanes of at least 4 members (excludes halogenated alkanes) is 7. The molecular weight excluding hydrogens is 242 g/mol. The number of hydrogen-bond acceptors (Lipinski definition) is 1. The van der Waals surface area contributed by atoms with Gasteiger partial charge in [0.2, 0.25) is 0 Å². The molecule has 0 aliphatic heterocycles. The summed E-state index contributed by atoms with van der Waals surface area (Å²) < 4.78 is 0. The molecule has 2 aliphatic rings. The van der Waals surface area contributed by atoms with E-state index in [4.69, 9.17) is 0 Å². The first-order valence-electron chi connectivity index (χ1n) is 9.61. The van der Waals surface area contributed by atoms with E-state index >= 15 is 0 Å². The van der Waals surface area contributed by atoms with E-state index in [1.54, 1.807) is 0 Å². The summed E-state index contributed by atoms with van der Waals surface area (Å²) in [6.07, 6.45) is 22.0. The summed E-state index contributed by atoms with van der Waals surface area (Å²) >= 11 is 0. The van der Waals surface area contributed by atoms with E-state index in [-0.39, 0.29) is 0 Å². The zero-order chi connectivity index (χ0) is 14.1. The molecule has 2 rings (SSSR count). The molecule has 0 aromatic rings. The van der Waals surface area contributed by atoms with Gasteiger partial charge in [0.05, 0.1) is 0 Å².